The number of azide groups is 1. The molecular formula is C17H23N3O10. The molecule has 0 aromatic heterocycles. The highest BCUT2D eigenvalue weighted by Crippen LogP contribution is 2.36. The molecule has 0 spiro atoms. The van der Waals surface area contributed by atoms with Crippen LogP contribution >= 0.6 is 0 Å². The van der Waals surface area contributed by atoms with Gasteiger partial charge in [0.2, 0.25) is 0 Å². The van der Waals surface area contributed by atoms with Gasteiger partial charge in [0.25, 0.3) is 0 Å². The molecule has 0 amide bonds. The number of carbonyl (C=O) groups is 5. The summed E-state index contributed by atoms with van der Waals surface area (Å²) in [4.78, 5) is 60.8. The monoisotopic (exact) mass is 429 g/mol. The Hall–Kier alpha value is -3.34. The van der Waals surface area contributed by atoms with E-state index in [2.05, 4.69) is 10.0 Å². The Kier molecular flexibility index (Phi) is 9.06. The van der Waals surface area contributed by atoms with E-state index in [1.807, 2.05) is 0 Å². The van der Waals surface area contributed by atoms with Crippen LogP contribution < -0.4 is 0 Å². The van der Waals surface area contributed by atoms with Gasteiger partial charge in [0.15, 0.2) is 18.3 Å². The topological polar surface area (TPSA) is 180 Å². The number of hydrogen-bond acceptors (Lipinski definition) is 11. The van der Waals surface area contributed by atoms with Crippen LogP contribution in [0.3, 0.4) is 0 Å². The van der Waals surface area contributed by atoms with Crippen LogP contribution in [-0.4, -0.2) is 66.9 Å². The lowest BCUT2D eigenvalue weighted by Crippen LogP contribution is -2.65. The number of ether oxygens (including phenoxy) is 5. The average molecular weight is 429 g/mol. The molecule has 0 aromatic rings. The van der Waals surface area contributed by atoms with Crippen LogP contribution in [0.15, 0.2) is 5.11 Å². The van der Waals surface area contributed by atoms with Gasteiger partial charge in [-0.05, 0) is 5.53 Å². The van der Waals surface area contributed by atoms with Crippen molar-refractivity contribution >= 4 is 29.8 Å². The highest BCUT2D eigenvalue weighted by Gasteiger charge is 2.57. The van der Waals surface area contributed by atoms with Crippen molar-refractivity contribution in [3.05, 3.63) is 10.4 Å². The van der Waals surface area contributed by atoms with Crippen molar-refractivity contribution in [2.24, 2.45) is 11.0 Å². The quantitative estimate of drug-likeness (QED) is 0.183. The van der Waals surface area contributed by atoms with Crippen molar-refractivity contribution in [1.29, 1.82) is 0 Å². The molecule has 30 heavy (non-hydrogen) atoms. The SMILES string of the molecule is CC(=O)OC[C@H]1[C@@H](N=[N+]=[N-])[C@H](OC(C)=O)[C@H](OC(C)=O)[C@@H](OC(C)=O)[C@@H]1OC(C)=O. The van der Waals surface area contributed by atoms with E-state index in [0.29, 0.717) is 0 Å². The number of nitrogens with zero attached hydrogens (tertiary/aromatic N) is 3. The van der Waals surface area contributed by atoms with E-state index in [9.17, 15) is 24.0 Å². The van der Waals surface area contributed by atoms with Gasteiger partial charge in [0, 0.05) is 45.4 Å². The maximum Gasteiger partial charge on any atom is 0.303 e. The average Bonchev–Trinajstić information content (AvgIpc) is 2.59. The second-order valence-electron chi connectivity index (χ2n) is 6.46. The maximum atomic E-state index is 11.7. The number of esters is 5. The summed E-state index contributed by atoms with van der Waals surface area (Å²) in [6.45, 7) is 4.97. The van der Waals surface area contributed by atoms with E-state index in [-0.39, 0.29) is 0 Å². The first-order valence-electron chi connectivity index (χ1n) is 8.84. The molecule has 13 nitrogen and oxygen atoms in total. The molecular weight excluding hydrogens is 406 g/mol. The molecule has 1 fully saturated rings. The molecule has 0 radical (unpaired) electrons. The van der Waals surface area contributed by atoms with Gasteiger partial charge in [-0.15, -0.1) is 0 Å². The smallest absolute Gasteiger partial charge is 0.303 e. The van der Waals surface area contributed by atoms with Gasteiger partial charge < -0.3 is 23.7 Å². The van der Waals surface area contributed by atoms with E-state index < -0.39 is 72.8 Å². The molecule has 0 aromatic carbocycles. The molecule has 1 aliphatic rings. The van der Waals surface area contributed by atoms with Crippen LogP contribution in [0, 0.1) is 5.92 Å². The third-order valence-electron chi connectivity index (χ3n) is 4.04. The van der Waals surface area contributed by atoms with E-state index >= 15 is 0 Å². The Balaban J connectivity index is 3.63. The summed E-state index contributed by atoms with van der Waals surface area (Å²) in [5, 5.41) is 3.60. The van der Waals surface area contributed by atoms with Crippen molar-refractivity contribution in [1.82, 2.24) is 0 Å². The number of carbonyl (C=O) groups excluding carboxylic acids is 5. The first-order valence-corrected chi connectivity index (χ1v) is 8.84. The molecule has 166 valence electrons. The predicted molar refractivity (Wildman–Crippen MR) is 95.3 cm³/mol. The molecule has 13 heteroatoms. The Morgan fingerprint density at radius 3 is 1.50 bits per heavy atom. The van der Waals surface area contributed by atoms with E-state index in [0.717, 1.165) is 34.6 Å². The number of hydrogen-bond donors (Lipinski definition) is 0. The molecule has 0 bridgehead atoms. The molecule has 6 atom stereocenters. The Labute approximate surface area is 171 Å². The van der Waals surface area contributed by atoms with Crippen LogP contribution in [0.4, 0.5) is 0 Å². The van der Waals surface area contributed by atoms with Gasteiger partial charge in [-0.2, -0.15) is 0 Å². The highest BCUT2D eigenvalue weighted by molar-refractivity contribution is 5.69. The van der Waals surface area contributed by atoms with Crippen molar-refractivity contribution in [2.75, 3.05) is 6.61 Å². The van der Waals surface area contributed by atoms with Crippen LogP contribution in [0.5, 0.6) is 0 Å². The summed E-state index contributed by atoms with van der Waals surface area (Å²) in [5.74, 6) is -5.02. The van der Waals surface area contributed by atoms with Crippen LogP contribution in [0.1, 0.15) is 34.6 Å². The summed E-state index contributed by atoms with van der Waals surface area (Å²) in [5.41, 5.74) is 9.02. The van der Waals surface area contributed by atoms with Gasteiger partial charge in [0.05, 0.1) is 12.6 Å². The highest BCUT2D eigenvalue weighted by atomic mass is 16.6. The molecule has 1 aliphatic carbocycles. The van der Waals surface area contributed by atoms with Crippen LogP contribution in [-0.2, 0) is 47.7 Å². The molecule has 0 N–H and O–H groups in total. The number of rotatable bonds is 7. The molecule has 1 rings (SSSR count). The summed E-state index contributed by atoms with van der Waals surface area (Å²) >= 11 is 0. The van der Waals surface area contributed by atoms with E-state index in [1.54, 1.807) is 0 Å². The minimum absolute atomic E-state index is 0.431. The largest absolute Gasteiger partial charge is 0.465 e. The van der Waals surface area contributed by atoms with Gasteiger partial charge in [0.1, 0.15) is 6.10 Å². The zero-order valence-corrected chi connectivity index (χ0v) is 17.1. The normalized spacial score (nSPS) is 27.6. The first-order chi connectivity index (χ1) is 14.0. The lowest BCUT2D eigenvalue weighted by molar-refractivity contribution is -0.225. The standard InChI is InChI=1S/C17H23N3O10/c1-7(21)26-6-12-13(19-20-18)15(28-9(3)23)17(30-11(5)25)16(29-10(4)24)14(12)27-8(2)22/h12-17H,6H2,1-5H3/t12-,13+,14+,15-,16-,17-/m0/s1. The summed E-state index contributed by atoms with van der Waals surface area (Å²) in [7, 11) is 0. The van der Waals surface area contributed by atoms with Gasteiger partial charge in [-0.1, -0.05) is 5.11 Å². The minimum atomic E-state index is -1.47. The fourth-order valence-corrected chi connectivity index (χ4v) is 3.19. The fourth-order valence-electron chi connectivity index (χ4n) is 3.19. The van der Waals surface area contributed by atoms with Crippen molar-refractivity contribution in [2.45, 2.75) is 65.1 Å². The molecule has 0 saturated heterocycles. The van der Waals surface area contributed by atoms with Crippen molar-refractivity contribution in [3.63, 3.8) is 0 Å². The zero-order chi connectivity index (χ0) is 23.0. The molecule has 1 saturated carbocycles. The maximum absolute atomic E-state index is 11.7. The van der Waals surface area contributed by atoms with Crippen molar-refractivity contribution < 1.29 is 47.7 Å². The predicted octanol–water partition coefficient (Wildman–Crippen LogP) is 0.585. The second kappa shape index (κ2) is 11.0. The lowest BCUT2D eigenvalue weighted by atomic mass is 9.76. The third kappa shape index (κ3) is 6.92. The van der Waals surface area contributed by atoms with Crippen molar-refractivity contribution in [3.8, 4) is 0 Å². The minimum Gasteiger partial charge on any atom is -0.465 e. The van der Waals surface area contributed by atoms with Gasteiger partial charge in [-0.25, -0.2) is 0 Å². The van der Waals surface area contributed by atoms with E-state index in [1.165, 1.54) is 0 Å². The Morgan fingerprint density at radius 2 is 1.10 bits per heavy atom. The lowest BCUT2D eigenvalue weighted by Gasteiger charge is -2.46. The fraction of sp³-hybridized carbons (Fsp3) is 0.706. The van der Waals surface area contributed by atoms with Gasteiger partial charge >= 0.3 is 29.8 Å². The molecule has 0 unspecified atom stereocenters. The summed E-state index contributed by atoms with van der Waals surface area (Å²) in [6, 6.07) is -1.29. The first kappa shape index (κ1) is 24.7. The Morgan fingerprint density at radius 1 is 0.700 bits per heavy atom. The third-order valence-corrected chi connectivity index (χ3v) is 4.04. The Bertz CT molecular complexity index is 729. The second-order valence-corrected chi connectivity index (χ2v) is 6.46. The molecule has 0 aliphatic heterocycles. The summed E-state index contributed by atoms with van der Waals surface area (Å²) < 4.78 is 25.9. The zero-order valence-electron chi connectivity index (χ0n) is 17.1. The van der Waals surface area contributed by atoms with Crippen LogP contribution in [0.2, 0.25) is 0 Å². The summed E-state index contributed by atoms with van der Waals surface area (Å²) in [6.07, 6.45) is -5.68. The molecule has 0 heterocycles. The van der Waals surface area contributed by atoms with E-state index in [4.69, 9.17) is 29.2 Å². The van der Waals surface area contributed by atoms with Gasteiger partial charge in [-0.3, -0.25) is 24.0 Å². The van der Waals surface area contributed by atoms with Crippen LogP contribution in [0.25, 0.3) is 10.4 Å².